The van der Waals surface area contributed by atoms with E-state index in [4.69, 9.17) is 4.74 Å². The first-order valence-corrected chi connectivity index (χ1v) is 4.71. The van der Waals surface area contributed by atoms with Crippen LogP contribution in [-0.2, 0) is 6.42 Å². The molecular weight excluding hydrogens is 162 g/mol. The second kappa shape index (κ2) is 3.38. The summed E-state index contributed by atoms with van der Waals surface area (Å²) < 4.78 is 5.20. The maximum Gasteiger partial charge on any atom is 0.119 e. The minimum Gasteiger partial charge on any atom is -0.497 e. The molecule has 1 aromatic carbocycles. The molecule has 1 aromatic rings. The van der Waals surface area contributed by atoms with Crippen molar-refractivity contribution in [3.63, 3.8) is 0 Å². The molecular formula is C11H15NO. The van der Waals surface area contributed by atoms with Gasteiger partial charge in [0.2, 0.25) is 0 Å². The van der Waals surface area contributed by atoms with Gasteiger partial charge >= 0.3 is 0 Å². The molecule has 0 amide bonds. The SMILES string of the molecule is COc1ccc2c(c1)C(C)NCC2. The summed E-state index contributed by atoms with van der Waals surface area (Å²) in [5.41, 5.74) is 2.83. The summed E-state index contributed by atoms with van der Waals surface area (Å²) in [5.74, 6) is 0.953. The molecule has 1 aliphatic rings. The van der Waals surface area contributed by atoms with Crippen LogP contribution >= 0.6 is 0 Å². The summed E-state index contributed by atoms with van der Waals surface area (Å²) in [7, 11) is 1.71. The number of methoxy groups -OCH3 is 1. The summed E-state index contributed by atoms with van der Waals surface area (Å²) in [6.45, 7) is 3.28. The van der Waals surface area contributed by atoms with Gasteiger partial charge in [-0.3, -0.25) is 0 Å². The van der Waals surface area contributed by atoms with E-state index in [0.717, 1.165) is 18.7 Å². The summed E-state index contributed by atoms with van der Waals surface area (Å²) in [4.78, 5) is 0. The molecule has 1 heterocycles. The van der Waals surface area contributed by atoms with Crippen molar-refractivity contribution < 1.29 is 4.74 Å². The summed E-state index contributed by atoms with van der Waals surface area (Å²) in [5, 5.41) is 3.43. The molecule has 0 bridgehead atoms. The molecule has 0 aromatic heterocycles. The Morgan fingerprint density at radius 2 is 2.31 bits per heavy atom. The van der Waals surface area contributed by atoms with Gasteiger partial charge in [-0.2, -0.15) is 0 Å². The molecule has 70 valence electrons. The van der Waals surface area contributed by atoms with Gasteiger partial charge in [-0.05, 0) is 43.1 Å². The Morgan fingerprint density at radius 3 is 3.08 bits per heavy atom. The molecule has 0 aliphatic carbocycles. The predicted molar refractivity (Wildman–Crippen MR) is 53.1 cm³/mol. The predicted octanol–water partition coefficient (Wildman–Crippen LogP) is 1.90. The molecule has 0 fully saturated rings. The molecule has 2 heteroatoms. The molecule has 2 rings (SSSR count). The van der Waals surface area contributed by atoms with Crippen molar-refractivity contribution in [2.45, 2.75) is 19.4 Å². The lowest BCUT2D eigenvalue weighted by Crippen LogP contribution is -2.27. The number of hydrogen-bond acceptors (Lipinski definition) is 2. The van der Waals surface area contributed by atoms with Crippen LogP contribution in [0.4, 0.5) is 0 Å². The first kappa shape index (κ1) is 8.57. The zero-order valence-electron chi connectivity index (χ0n) is 8.13. The molecule has 1 N–H and O–H groups in total. The molecule has 0 radical (unpaired) electrons. The molecule has 0 saturated carbocycles. The van der Waals surface area contributed by atoms with Crippen LogP contribution in [0.5, 0.6) is 5.75 Å². The van der Waals surface area contributed by atoms with Gasteiger partial charge in [-0.15, -0.1) is 0 Å². The molecule has 0 saturated heterocycles. The normalized spacial score (nSPS) is 20.9. The van der Waals surface area contributed by atoms with Crippen molar-refractivity contribution in [2.75, 3.05) is 13.7 Å². The van der Waals surface area contributed by atoms with E-state index in [1.165, 1.54) is 11.1 Å². The van der Waals surface area contributed by atoms with E-state index in [2.05, 4.69) is 24.4 Å². The van der Waals surface area contributed by atoms with Gasteiger partial charge in [0, 0.05) is 6.04 Å². The van der Waals surface area contributed by atoms with Crippen LogP contribution in [0.25, 0.3) is 0 Å². The smallest absolute Gasteiger partial charge is 0.119 e. The Balaban J connectivity index is 2.41. The molecule has 2 nitrogen and oxygen atoms in total. The second-order valence-corrected chi connectivity index (χ2v) is 3.49. The topological polar surface area (TPSA) is 21.3 Å². The first-order valence-electron chi connectivity index (χ1n) is 4.71. The van der Waals surface area contributed by atoms with E-state index in [9.17, 15) is 0 Å². The lowest BCUT2D eigenvalue weighted by Gasteiger charge is -2.24. The maximum atomic E-state index is 5.20. The van der Waals surface area contributed by atoms with Gasteiger partial charge < -0.3 is 10.1 Å². The lowest BCUT2D eigenvalue weighted by atomic mass is 9.95. The van der Waals surface area contributed by atoms with Gasteiger partial charge in [0.1, 0.15) is 5.75 Å². The van der Waals surface area contributed by atoms with Crippen molar-refractivity contribution in [1.82, 2.24) is 5.32 Å². The van der Waals surface area contributed by atoms with Crippen LogP contribution in [0.3, 0.4) is 0 Å². The molecule has 0 spiro atoms. The number of ether oxygens (including phenoxy) is 1. The Labute approximate surface area is 78.9 Å². The second-order valence-electron chi connectivity index (χ2n) is 3.49. The van der Waals surface area contributed by atoms with E-state index in [1.807, 2.05) is 6.07 Å². The van der Waals surface area contributed by atoms with Crippen LogP contribution in [0, 0.1) is 0 Å². The highest BCUT2D eigenvalue weighted by Gasteiger charge is 2.15. The molecule has 1 aliphatic heterocycles. The van der Waals surface area contributed by atoms with Gasteiger partial charge in [0.15, 0.2) is 0 Å². The number of fused-ring (bicyclic) bond motifs is 1. The highest BCUT2D eigenvalue weighted by atomic mass is 16.5. The monoisotopic (exact) mass is 177 g/mol. The Morgan fingerprint density at radius 1 is 1.46 bits per heavy atom. The molecule has 1 unspecified atom stereocenters. The fraction of sp³-hybridized carbons (Fsp3) is 0.455. The highest BCUT2D eigenvalue weighted by Crippen LogP contribution is 2.26. The number of benzene rings is 1. The van der Waals surface area contributed by atoms with Crippen molar-refractivity contribution in [1.29, 1.82) is 0 Å². The fourth-order valence-electron chi connectivity index (χ4n) is 1.86. The van der Waals surface area contributed by atoms with Crippen LogP contribution in [-0.4, -0.2) is 13.7 Å². The van der Waals surface area contributed by atoms with Gasteiger partial charge in [0.05, 0.1) is 7.11 Å². The number of hydrogen-bond donors (Lipinski definition) is 1. The molecule has 1 atom stereocenters. The third kappa shape index (κ3) is 1.54. The Bertz CT molecular complexity index is 309. The van der Waals surface area contributed by atoms with Crippen LogP contribution in [0.2, 0.25) is 0 Å². The van der Waals surface area contributed by atoms with Gasteiger partial charge in [-0.1, -0.05) is 6.07 Å². The average molecular weight is 177 g/mol. The van der Waals surface area contributed by atoms with Crippen LogP contribution < -0.4 is 10.1 Å². The zero-order chi connectivity index (χ0) is 9.26. The van der Waals surface area contributed by atoms with E-state index >= 15 is 0 Å². The minimum absolute atomic E-state index is 0.457. The number of nitrogens with one attached hydrogen (secondary N) is 1. The van der Waals surface area contributed by atoms with Gasteiger partial charge in [-0.25, -0.2) is 0 Å². The fourth-order valence-corrected chi connectivity index (χ4v) is 1.86. The summed E-state index contributed by atoms with van der Waals surface area (Å²) in [6.07, 6.45) is 1.13. The minimum atomic E-state index is 0.457. The number of rotatable bonds is 1. The largest absolute Gasteiger partial charge is 0.497 e. The van der Waals surface area contributed by atoms with E-state index in [1.54, 1.807) is 7.11 Å². The Hall–Kier alpha value is -1.02. The maximum absolute atomic E-state index is 5.20. The summed E-state index contributed by atoms with van der Waals surface area (Å²) in [6, 6.07) is 6.80. The standard InChI is InChI=1S/C11H15NO/c1-8-11-7-10(13-2)4-3-9(11)5-6-12-8/h3-4,7-8,12H,5-6H2,1-2H3. The third-order valence-electron chi connectivity index (χ3n) is 2.66. The van der Waals surface area contributed by atoms with E-state index < -0.39 is 0 Å². The van der Waals surface area contributed by atoms with Crippen molar-refractivity contribution >= 4 is 0 Å². The summed E-state index contributed by atoms with van der Waals surface area (Å²) >= 11 is 0. The average Bonchev–Trinajstić information content (AvgIpc) is 2.18. The zero-order valence-corrected chi connectivity index (χ0v) is 8.13. The van der Waals surface area contributed by atoms with Crippen molar-refractivity contribution in [2.24, 2.45) is 0 Å². The van der Waals surface area contributed by atoms with E-state index in [-0.39, 0.29) is 0 Å². The van der Waals surface area contributed by atoms with Crippen LogP contribution in [0.15, 0.2) is 18.2 Å². The van der Waals surface area contributed by atoms with Gasteiger partial charge in [0.25, 0.3) is 0 Å². The first-order chi connectivity index (χ1) is 6.31. The third-order valence-corrected chi connectivity index (χ3v) is 2.66. The van der Waals surface area contributed by atoms with E-state index in [0.29, 0.717) is 6.04 Å². The van der Waals surface area contributed by atoms with Crippen LogP contribution in [0.1, 0.15) is 24.1 Å². The van der Waals surface area contributed by atoms with Crippen molar-refractivity contribution in [3.8, 4) is 5.75 Å². The lowest BCUT2D eigenvalue weighted by molar-refractivity contribution is 0.412. The Kier molecular flexibility index (Phi) is 2.23. The molecule has 13 heavy (non-hydrogen) atoms. The highest BCUT2D eigenvalue weighted by molar-refractivity contribution is 5.38. The van der Waals surface area contributed by atoms with Crippen molar-refractivity contribution in [3.05, 3.63) is 29.3 Å². The quantitative estimate of drug-likeness (QED) is 0.707.